The lowest BCUT2D eigenvalue weighted by Crippen LogP contribution is -2.05. The van der Waals surface area contributed by atoms with E-state index in [1.165, 1.54) is 0 Å². The highest BCUT2D eigenvalue weighted by atomic mass is 16.5. The third-order valence-electron chi connectivity index (χ3n) is 1.73. The molecule has 0 bridgehead atoms. The first kappa shape index (κ1) is 9.90. The van der Waals surface area contributed by atoms with Crippen LogP contribution in [0.4, 0.5) is 5.69 Å². The van der Waals surface area contributed by atoms with Crippen molar-refractivity contribution in [2.75, 3.05) is 19.0 Å². The lowest BCUT2D eigenvalue weighted by molar-refractivity contribution is 0.272. The molecule has 0 aliphatic heterocycles. The third kappa shape index (κ3) is 2.98. The maximum absolute atomic E-state index is 5.63. The standard InChI is InChI=1S/C11H17NO/c1-9(2)8-13-11-7-5-4-6-10(11)12-3/h4-7,9,12H,8H2,1-3H3. The molecular formula is C11H17NO. The molecule has 0 radical (unpaired) electrons. The Kier molecular flexibility index (Phi) is 3.62. The van der Waals surface area contributed by atoms with E-state index in [0.717, 1.165) is 18.0 Å². The van der Waals surface area contributed by atoms with Gasteiger partial charge in [-0.15, -0.1) is 0 Å². The highest BCUT2D eigenvalue weighted by molar-refractivity contribution is 5.55. The predicted octanol–water partition coefficient (Wildman–Crippen LogP) is 2.76. The summed E-state index contributed by atoms with van der Waals surface area (Å²) in [5.74, 6) is 1.49. The topological polar surface area (TPSA) is 21.3 Å². The summed E-state index contributed by atoms with van der Waals surface area (Å²) in [6, 6.07) is 7.97. The van der Waals surface area contributed by atoms with Crippen molar-refractivity contribution in [1.29, 1.82) is 0 Å². The van der Waals surface area contributed by atoms with Crippen LogP contribution in [-0.4, -0.2) is 13.7 Å². The van der Waals surface area contributed by atoms with Gasteiger partial charge in [-0.1, -0.05) is 26.0 Å². The van der Waals surface area contributed by atoms with E-state index in [4.69, 9.17) is 4.74 Å². The molecule has 0 atom stereocenters. The van der Waals surface area contributed by atoms with Crippen LogP contribution < -0.4 is 10.1 Å². The van der Waals surface area contributed by atoms with Crippen molar-refractivity contribution in [1.82, 2.24) is 0 Å². The molecule has 0 spiro atoms. The maximum atomic E-state index is 5.63. The number of ether oxygens (including phenoxy) is 1. The van der Waals surface area contributed by atoms with Crippen molar-refractivity contribution in [3.8, 4) is 5.75 Å². The smallest absolute Gasteiger partial charge is 0.142 e. The SMILES string of the molecule is CNc1ccccc1OCC(C)C. The molecule has 13 heavy (non-hydrogen) atoms. The van der Waals surface area contributed by atoms with Gasteiger partial charge in [-0.05, 0) is 18.1 Å². The van der Waals surface area contributed by atoms with Crippen molar-refractivity contribution in [2.24, 2.45) is 5.92 Å². The van der Waals surface area contributed by atoms with E-state index < -0.39 is 0 Å². The minimum Gasteiger partial charge on any atom is -0.491 e. The molecule has 0 saturated heterocycles. The van der Waals surface area contributed by atoms with Gasteiger partial charge in [0.05, 0.1) is 12.3 Å². The Hall–Kier alpha value is -1.18. The summed E-state index contributed by atoms with van der Waals surface area (Å²) in [7, 11) is 1.90. The molecule has 1 N–H and O–H groups in total. The second-order valence-electron chi connectivity index (χ2n) is 3.45. The summed E-state index contributed by atoms with van der Waals surface area (Å²) >= 11 is 0. The van der Waals surface area contributed by atoms with E-state index in [1.54, 1.807) is 0 Å². The van der Waals surface area contributed by atoms with Crippen LogP contribution in [0.3, 0.4) is 0 Å². The van der Waals surface area contributed by atoms with Crippen LogP contribution in [0, 0.1) is 5.92 Å². The Balaban J connectivity index is 2.64. The summed E-state index contributed by atoms with van der Waals surface area (Å²) in [6.07, 6.45) is 0. The summed E-state index contributed by atoms with van der Waals surface area (Å²) in [5.41, 5.74) is 1.04. The molecule has 2 heteroatoms. The van der Waals surface area contributed by atoms with Gasteiger partial charge in [-0.25, -0.2) is 0 Å². The van der Waals surface area contributed by atoms with Crippen LogP contribution in [0.1, 0.15) is 13.8 Å². The summed E-state index contributed by atoms with van der Waals surface area (Å²) in [5, 5.41) is 3.09. The van der Waals surface area contributed by atoms with E-state index in [1.807, 2.05) is 31.3 Å². The minimum absolute atomic E-state index is 0.560. The fraction of sp³-hybridized carbons (Fsp3) is 0.455. The molecule has 0 heterocycles. The lowest BCUT2D eigenvalue weighted by Gasteiger charge is -2.12. The quantitative estimate of drug-likeness (QED) is 0.767. The number of para-hydroxylation sites is 2. The molecule has 1 aromatic carbocycles. The largest absolute Gasteiger partial charge is 0.491 e. The van der Waals surface area contributed by atoms with Crippen molar-refractivity contribution in [3.63, 3.8) is 0 Å². The Bertz CT molecular complexity index is 258. The van der Waals surface area contributed by atoms with E-state index in [-0.39, 0.29) is 0 Å². The second kappa shape index (κ2) is 4.75. The van der Waals surface area contributed by atoms with Crippen molar-refractivity contribution >= 4 is 5.69 Å². The predicted molar refractivity (Wildman–Crippen MR) is 56.3 cm³/mol. The van der Waals surface area contributed by atoms with E-state index >= 15 is 0 Å². The number of hydrogen-bond donors (Lipinski definition) is 1. The number of benzene rings is 1. The Morgan fingerprint density at radius 1 is 1.31 bits per heavy atom. The van der Waals surface area contributed by atoms with Crippen molar-refractivity contribution in [3.05, 3.63) is 24.3 Å². The fourth-order valence-corrected chi connectivity index (χ4v) is 1.06. The highest BCUT2D eigenvalue weighted by Crippen LogP contribution is 2.23. The number of rotatable bonds is 4. The van der Waals surface area contributed by atoms with Gasteiger partial charge in [0, 0.05) is 7.05 Å². The Morgan fingerprint density at radius 3 is 2.62 bits per heavy atom. The van der Waals surface area contributed by atoms with E-state index in [0.29, 0.717) is 5.92 Å². The second-order valence-corrected chi connectivity index (χ2v) is 3.45. The molecule has 0 aliphatic carbocycles. The first-order chi connectivity index (χ1) is 6.24. The molecule has 0 amide bonds. The molecule has 1 rings (SSSR count). The maximum Gasteiger partial charge on any atom is 0.142 e. The first-order valence-corrected chi connectivity index (χ1v) is 4.63. The third-order valence-corrected chi connectivity index (χ3v) is 1.73. The molecule has 2 nitrogen and oxygen atoms in total. The van der Waals surface area contributed by atoms with Gasteiger partial charge in [0.2, 0.25) is 0 Å². The average molecular weight is 179 g/mol. The molecular weight excluding hydrogens is 162 g/mol. The lowest BCUT2D eigenvalue weighted by atomic mass is 10.2. The number of hydrogen-bond acceptors (Lipinski definition) is 2. The normalized spacial score (nSPS) is 10.2. The van der Waals surface area contributed by atoms with Crippen molar-refractivity contribution in [2.45, 2.75) is 13.8 Å². The molecule has 72 valence electrons. The molecule has 0 aliphatic rings. The molecule has 0 aromatic heterocycles. The zero-order chi connectivity index (χ0) is 9.68. The van der Waals surface area contributed by atoms with Crippen LogP contribution >= 0.6 is 0 Å². The van der Waals surface area contributed by atoms with Gasteiger partial charge in [0.1, 0.15) is 5.75 Å². The fourth-order valence-electron chi connectivity index (χ4n) is 1.06. The van der Waals surface area contributed by atoms with Gasteiger partial charge in [0.25, 0.3) is 0 Å². The first-order valence-electron chi connectivity index (χ1n) is 4.63. The molecule has 0 saturated carbocycles. The number of nitrogens with one attached hydrogen (secondary N) is 1. The van der Waals surface area contributed by atoms with Crippen molar-refractivity contribution < 1.29 is 4.74 Å². The molecule has 0 unspecified atom stereocenters. The summed E-state index contributed by atoms with van der Waals surface area (Å²) in [4.78, 5) is 0. The van der Waals surface area contributed by atoms with Crippen LogP contribution in [-0.2, 0) is 0 Å². The van der Waals surface area contributed by atoms with Crippen LogP contribution in [0.5, 0.6) is 5.75 Å². The van der Waals surface area contributed by atoms with Crippen LogP contribution in [0.15, 0.2) is 24.3 Å². The van der Waals surface area contributed by atoms with Crippen LogP contribution in [0.2, 0.25) is 0 Å². The van der Waals surface area contributed by atoms with E-state index in [2.05, 4.69) is 19.2 Å². The van der Waals surface area contributed by atoms with Gasteiger partial charge < -0.3 is 10.1 Å². The zero-order valence-corrected chi connectivity index (χ0v) is 8.50. The molecule has 1 aromatic rings. The van der Waals surface area contributed by atoms with Gasteiger partial charge in [-0.3, -0.25) is 0 Å². The van der Waals surface area contributed by atoms with Crippen LogP contribution in [0.25, 0.3) is 0 Å². The van der Waals surface area contributed by atoms with Gasteiger partial charge in [-0.2, -0.15) is 0 Å². The van der Waals surface area contributed by atoms with Gasteiger partial charge in [0.15, 0.2) is 0 Å². The summed E-state index contributed by atoms with van der Waals surface area (Å²) in [6.45, 7) is 5.04. The Labute approximate surface area is 79.9 Å². The monoisotopic (exact) mass is 179 g/mol. The molecule has 0 fully saturated rings. The highest BCUT2D eigenvalue weighted by Gasteiger charge is 2.01. The van der Waals surface area contributed by atoms with E-state index in [9.17, 15) is 0 Å². The Morgan fingerprint density at radius 2 is 2.00 bits per heavy atom. The van der Waals surface area contributed by atoms with Gasteiger partial charge >= 0.3 is 0 Å². The minimum atomic E-state index is 0.560. The zero-order valence-electron chi connectivity index (χ0n) is 8.50. The average Bonchev–Trinajstić information content (AvgIpc) is 2.15. The summed E-state index contributed by atoms with van der Waals surface area (Å²) < 4.78 is 5.63. The number of anilines is 1.